The van der Waals surface area contributed by atoms with E-state index in [1.807, 2.05) is 0 Å². The summed E-state index contributed by atoms with van der Waals surface area (Å²) in [6, 6.07) is 8.77. The Balaban J connectivity index is 1.82. The second kappa shape index (κ2) is 6.65. The summed E-state index contributed by atoms with van der Waals surface area (Å²) >= 11 is 0. The molecule has 1 N–H and O–H groups in total. The molecule has 2 nitrogen and oxygen atoms in total. The molecule has 1 aliphatic rings. The summed E-state index contributed by atoms with van der Waals surface area (Å²) < 4.78 is 5.61. The van der Waals surface area contributed by atoms with Crippen molar-refractivity contribution in [2.45, 2.75) is 45.1 Å². The first-order valence-electron chi connectivity index (χ1n) is 6.83. The van der Waals surface area contributed by atoms with E-state index in [0.717, 1.165) is 13.2 Å². The summed E-state index contributed by atoms with van der Waals surface area (Å²) in [5.41, 5.74) is 2.67. The maximum atomic E-state index is 5.61. The molecular weight excluding hydrogens is 210 g/mol. The average Bonchev–Trinajstić information content (AvgIpc) is 2.87. The Morgan fingerprint density at radius 1 is 1.41 bits per heavy atom. The molecule has 1 atom stereocenters. The van der Waals surface area contributed by atoms with Crippen LogP contribution in [0.2, 0.25) is 0 Å². The lowest BCUT2D eigenvalue weighted by molar-refractivity contribution is 0.120. The first-order valence-corrected chi connectivity index (χ1v) is 6.83. The average molecular weight is 233 g/mol. The Hall–Kier alpha value is -1.02. The normalized spacial score (nSPS) is 19.5. The third kappa shape index (κ3) is 4.04. The lowest BCUT2D eigenvalue weighted by Crippen LogP contribution is -2.18. The van der Waals surface area contributed by atoms with Gasteiger partial charge in [0, 0.05) is 18.8 Å². The maximum Gasteiger partial charge on any atom is 0.0748 e. The SMILES string of the molecule is CCCCc1cccc(NCC2CCCO2)c1. The largest absolute Gasteiger partial charge is 0.382 e. The Bertz CT molecular complexity index is 331. The van der Waals surface area contributed by atoms with E-state index >= 15 is 0 Å². The zero-order valence-corrected chi connectivity index (χ0v) is 10.7. The molecule has 0 aromatic heterocycles. The van der Waals surface area contributed by atoms with Gasteiger partial charge in [-0.1, -0.05) is 25.5 Å². The molecule has 0 bridgehead atoms. The summed E-state index contributed by atoms with van der Waals surface area (Å²) in [6.45, 7) is 4.11. The predicted octanol–water partition coefficient (Wildman–Crippen LogP) is 3.62. The highest BCUT2D eigenvalue weighted by molar-refractivity contribution is 5.45. The van der Waals surface area contributed by atoms with Crippen LogP contribution in [0.15, 0.2) is 24.3 Å². The van der Waals surface area contributed by atoms with Crippen molar-refractivity contribution in [3.63, 3.8) is 0 Å². The lowest BCUT2D eigenvalue weighted by Gasteiger charge is -2.12. The third-order valence-electron chi connectivity index (χ3n) is 3.30. The zero-order valence-electron chi connectivity index (χ0n) is 10.7. The molecule has 1 aliphatic heterocycles. The summed E-state index contributed by atoms with van der Waals surface area (Å²) in [7, 11) is 0. The van der Waals surface area contributed by atoms with E-state index < -0.39 is 0 Å². The molecule has 94 valence electrons. The van der Waals surface area contributed by atoms with E-state index in [1.165, 1.54) is 43.4 Å². The summed E-state index contributed by atoms with van der Waals surface area (Å²) in [5, 5.41) is 3.48. The van der Waals surface area contributed by atoms with Gasteiger partial charge >= 0.3 is 0 Å². The summed E-state index contributed by atoms with van der Waals surface area (Å²) in [5.74, 6) is 0. The van der Waals surface area contributed by atoms with Gasteiger partial charge in [-0.05, 0) is 43.4 Å². The van der Waals surface area contributed by atoms with Crippen LogP contribution >= 0.6 is 0 Å². The molecule has 0 saturated carbocycles. The minimum Gasteiger partial charge on any atom is -0.382 e. The van der Waals surface area contributed by atoms with Gasteiger partial charge in [-0.25, -0.2) is 0 Å². The second-order valence-corrected chi connectivity index (χ2v) is 4.82. The van der Waals surface area contributed by atoms with Crippen LogP contribution in [0, 0.1) is 0 Å². The van der Waals surface area contributed by atoms with Crippen LogP contribution < -0.4 is 5.32 Å². The molecule has 1 saturated heterocycles. The fourth-order valence-electron chi connectivity index (χ4n) is 2.25. The molecule has 17 heavy (non-hydrogen) atoms. The van der Waals surface area contributed by atoms with Crippen LogP contribution in [0.25, 0.3) is 0 Å². The Morgan fingerprint density at radius 2 is 2.35 bits per heavy atom. The zero-order chi connectivity index (χ0) is 11.9. The van der Waals surface area contributed by atoms with Gasteiger partial charge in [-0.15, -0.1) is 0 Å². The number of anilines is 1. The van der Waals surface area contributed by atoms with Crippen molar-refractivity contribution >= 4 is 5.69 Å². The molecule has 0 radical (unpaired) electrons. The molecule has 1 heterocycles. The van der Waals surface area contributed by atoms with Crippen LogP contribution in [0.4, 0.5) is 5.69 Å². The first-order chi connectivity index (χ1) is 8.38. The minimum atomic E-state index is 0.411. The van der Waals surface area contributed by atoms with Crippen molar-refractivity contribution in [2.24, 2.45) is 0 Å². The summed E-state index contributed by atoms with van der Waals surface area (Å²) in [4.78, 5) is 0. The molecule has 0 spiro atoms. The Kier molecular flexibility index (Phi) is 4.87. The number of hydrogen-bond donors (Lipinski definition) is 1. The van der Waals surface area contributed by atoms with Crippen molar-refractivity contribution in [3.05, 3.63) is 29.8 Å². The number of hydrogen-bond acceptors (Lipinski definition) is 2. The Labute approximate surface area is 104 Å². The molecular formula is C15H23NO. The second-order valence-electron chi connectivity index (χ2n) is 4.82. The molecule has 0 aliphatic carbocycles. The van der Waals surface area contributed by atoms with Gasteiger partial charge in [0.05, 0.1) is 6.10 Å². The van der Waals surface area contributed by atoms with Gasteiger partial charge in [-0.2, -0.15) is 0 Å². The van der Waals surface area contributed by atoms with Crippen molar-refractivity contribution in [3.8, 4) is 0 Å². The number of unbranched alkanes of at least 4 members (excludes halogenated alkanes) is 1. The van der Waals surface area contributed by atoms with Gasteiger partial charge in [0.1, 0.15) is 0 Å². The van der Waals surface area contributed by atoms with Crippen LogP contribution in [-0.2, 0) is 11.2 Å². The van der Waals surface area contributed by atoms with E-state index in [-0.39, 0.29) is 0 Å². The van der Waals surface area contributed by atoms with Crippen molar-refractivity contribution in [1.29, 1.82) is 0 Å². The smallest absolute Gasteiger partial charge is 0.0748 e. The highest BCUT2D eigenvalue weighted by atomic mass is 16.5. The van der Waals surface area contributed by atoms with Crippen molar-refractivity contribution in [2.75, 3.05) is 18.5 Å². The highest BCUT2D eigenvalue weighted by Gasteiger charge is 2.14. The summed E-state index contributed by atoms with van der Waals surface area (Å²) in [6.07, 6.45) is 6.54. The standard InChI is InChI=1S/C15H23NO/c1-2-3-6-13-7-4-8-14(11-13)16-12-15-9-5-10-17-15/h4,7-8,11,15-16H,2-3,5-6,9-10,12H2,1H3. The highest BCUT2D eigenvalue weighted by Crippen LogP contribution is 2.16. The molecule has 1 aromatic rings. The first kappa shape index (κ1) is 12.4. The number of aryl methyl sites for hydroxylation is 1. The van der Waals surface area contributed by atoms with E-state index in [0.29, 0.717) is 6.10 Å². The van der Waals surface area contributed by atoms with E-state index in [2.05, 4.69) is 36.5 Å². The molecule has 0 amide bonds. The van der Waals surface area contributed by atoms with Gasteiger partial charge in [-0.3, -0.25) is 0 Å². The van der Waals surface area contributed by atoms with Crippen LogP contribution in [-0.4, -0.2) is 19.3 Å². The van der Waals surface area contributed by atoms with E-state index in [9.17, 15) is 0 Å². The van der Waals surface area contributed by atoms with Crippen LogP contribution in [0.3, 0.4) is 0 Å². The van der Waals surface area contributed by atoms with Crippen LogP contribution in [0.5, 0.6) is 0 Å². The number of benzene rings is 1. The van der Waals surface area contributed by atoms with Gasteiger partial charge in [0.2, 0.25) is 0 Å². The maximum absolute atomic E-state index is 5.61. The van der Waals surface area contributed by atoms with Crippen molar-refractivity contribution < 1.29 is 4.74 Å². The predicted molar refractivity (Wildman–Crippen MR) is 72.5 cm³/mol. The molecule has 1 unspecified atom stereocenters. The number of rotatable bonds is 6. The quantitative estimate of drug-likeness (QED) is 0.810. The molecule has 1 fully saturated rings. The van der Waals surface area contributed by atoms with E-state index in [1.54, 1.807) is 0 Å². The monoisotopic (exact) mass is 233 g/mol. The third-order valence-corrected chi connectivity index (χ3v) is 3.30. The van der Waals surface area contributed by atoms with Gasteiger partial charge in [0.25, 0.3) is 0 Å². The van der Waals surface area contributed by atoms with Gasteiger partial charge < -0.3 is 10.1 Å². The fraction of sp³-hybridized carbons (Fsp3) is 0.600. The van der Waals surface area contributed by atoms with Crippen LogP contribution in [0.1, 0.15) is 38.2 Å². The number of nitrogens with one attached hydrogen (secondary N) is 1. The topological polar surface area (TPSA) is 21.3 Å². The minimum absolute atomic E-state index is 0.411. The van der Waals surface area contributed by atoms with E-state index in [4.69, 9.17) is 4.74 Å². The Morgan fingerprint density at radius 3 is 3.12 bits per heavy atom. The lowest BCUT2D eigenvalue weighted by atomic mass is 10.1. The molecule has 2 heteroatoms. The number of ether oxygens (including phenoxy) is 1. The molecule has 1 aromatic carbocycles. The van der Waals surface area contributed by atoms with Crippen molar-refractivity contribution in [1.82, 2.24) is 0 Å². The van der Waals surface area contributed by atoms with Gasteiger partial charge in [0.15, 0.2) is 0 Å². The fourth-order valence-corrected chi connectivity index (χ4v) is 2.25. The molecule has 2 rings (SSSR count).